The summed E-state index contributed by atoms with van der Waals surface area (Å²) < 4.78 is 5.13. The smallest absolute Gasteiger partial charge is 0.118 e. The van der Waals surface area contributed by atoms with Gasteiger partial charge in [0.05, 0.1) is 13.2 Å². The van der Waals surface area contributed by atoms with Crippen LogP contribution in [-0.2, 0) is 6.42 Å². The number of rotatable bonds is 5. The molecule has 2 nitrogen and oxygen atoms in total. The van der Waals surface area contributed by atoms with Crippen molar-refractivity contribution in [1.29, 1.82) is 0 Å². The van der Waals surface area contributed by atoms with E-state index in [4.69, 9.17) is 4.74 Å². The SMILES string of the molecule is COc1ccc(CCC(O)c2sc(C)cc2C)cc1. The summed E-state index contributed by atoms with van der Waals surface area (Å²) in [5, 5.41) is 10.3. The van der Waals surface area contributed by atoms with Gasteiger partial charge in [-0.15, -0.1) is 11.3 Å². The number of ether oxygens (including phenoxy) is 1. The molecule has 0 amide bonds. The summed E-state index contributed by atoms with van der Waals surface area (Å²) in [5.41, 5.74) is 2.43. The molecule has 0 fully saturated rings. The van der Waals surface area contributed by atoms with Crippen LogP contribution in [0.3, 0.4) is 0 Å². The normalized spacial score (nSPS) is 12.4. The highest BCUT2D eigenvalue weighted by molar-refractivity contribution is 7.12. The van der Waals surface area contributed by atoms with Gasteiger partial charge in [0.2, 0.25) is 0 Å². The second-order valence-electron chi connectivity index (χ2n) is 4.81. The van der Waals surface area contributed by atoms with Crippen molar-refractivity contribution >= 4 is 11.3 Å². The number of methoxy groups -OCH3 is 1. The Morgan fingerprint density at radius 2 is 1.89 bits per heavy atom. The molecule has 1 heterocycles. The number of aryl methyl sites for hydroxylation is 3. The summed E-state index contributed by atoms with van der Waals surface area (Å²) in [6.07, 6.45) is 1.27. The number of thiophene rings is 1. The van der Waals surface area contributed by atoms with Gasteiger partial charge in [0.1, 0.15) is 5.75 Å². The Balaban J connectivity index is 1.96. The van der Waals surface area contributed by atoms with Gasteiger partial charge >= 0.3 is 0 Å². The fourth-order valence-electron chi connectivity index (χ4n) is 2.22. The van der Waals surface area contributed by atoms with E-state index in [0.717, 1.165) is 23.5 Å². The fourth-order valence-corrected chi connectivity index (χ4v) is 3.27. The van der Waals surface area contributed by atoms with Crippen LogP contribution < -0.4 is 4.74 Å². The lowest BCUT2D eigenvalue weighted by atomic mass is 10.0. The molecule has 3 heteroatoms. The van der Waals surface area contributed by atoms with E-state index in [1.807, 2.05) is 12.1 Å². The largest absolute Gasteiger partial charge is 0.497 e. The Hall–Kier alpha value is -1.32. The fraction of sp³-hybridized carbons (Fsp3) is 0.375. The molecule has 2 aromatic rings. The molecule has 1 unspecified atom stereocenters. The lowest BCUT2D eigenvalue weighted by molar-refractivity contribution is 0.171. The number of hydrogen-bond acceptors (Lipinski definition) is 3. The van der Waals surface area contributed by atoms with Crippen LogP contribution in [-0.4, -0.2) is 12.2 Å². The quantitative estimate of drug-likeness (QED) is 0.893. The highest BCUT2D eigenvalue weighted by Gasteiger charge is 2.13. The first kappa shape index (κ1) is 14.1. The van der Waals surface area contributed by atoms with E-state index in [2.05, 4.69) is 32.0 Å². The number of benzene rings is 1. The molecule has 102 valence electrons. The van der Waals surface area contributed by atoms with Gasteiger partial charge in [-0.05, 0) is 56.0 Å². The second kappa shape index (κ2) is 6.22. The van der Waals surface area contributed by atoms with Gasteiger partial charge in [0, 0.05) is 9.75 Å². The molecule has 2 rings (SSSR count). The number of aliphatic hydroxyl groups is 1. The monoisotopic (exact) mass is 276 g/mol. The summed E-state index contributed by atoms with van der Waals surface area (Å²) in [6, 6.07) is 10.2. The molecule has 0 aliphatic rings. The number of aliphatic hydroxyl groups excluding tert-OH is 1. The van der Waals surface area contributed by atoms with Crippen LogP contribution in [0.4, 0.5) is 0 Å². The zero-order chi connectivity index (χ0) is 13.8. The summed E-state index contributed by atoms with van der Waals surface area (Å²) in [7, 11) is 1.67. The van der Waals surface area contributed by atoms with Crippen LogP contribution >= 0.6 is 11.3 Å². The molecular weight excluding hydrogens is 256 g/mol. The first-order chi connectivity index (χ1) is 9.10. The molecular formula is C16H20O2S. The Kier molecular flexibility index (Phi) is 4.61. The molecule has 1 aromatic carbocycles. The topological polar surface area (TPSA) is 29.5 Å². The van der Waals surface area contributed by atoms with Crippen molar-refractivity contribution in [2.24, 2.45) is 0 Å². The van der Waals surface area contributed by atoms with Gasteiger partial charge in [-0.1, -0.05) is 12.1 Å². The second-order valence-corrected chi connectivity index (χ2v) is 6.09. The van der Waals surface area contributed by atoms with E-state index >= 15 is 0 Å². The number of hydrogen-bond donors (Lipinski definition) is 1. The van der Waals surface area contributed by atoms with E-state index < -0.39 is 0 Å². The zero-order valence-corrected chi connectivity index (χ0v) is 12.5. The highest BCUT2D eigenvalue weighted by atomic mass is 32.1. The molecule has 0 saturated heterocycles. The Morgan fingerprint density at radius 3 is 2.42 bits per heavy atom. The maximum Gasteiger partial charge on any atom is 0.118 e. The van der Waals surface area contributed by atoms with Crippen LogP contribution in [0.5, 0.6) is 5.75 Å². The van der Waals surface area contributed by atoms with Crippen molar-refractivity contribution in [1.82, 2.24) is 0 Å². The van der Waals surface area contributed by atoms with Crippen molar-refractivity contribution in [2.45, 2.75) is 32.8 Å². The minimum Gasteiger partial charge on any atom is -0.497 e. The average Bonchev–Trinajstić information content (AvgIpc) is 2.75. The Bertz CT molecular complexity index is 528. The maximum absolute atomic E-state index is 10.3. The molecule has 1 N–H and O–H groups in total. The summed E-state index contributed by atoms with van der Waals surface area (Å²) in [6.45, 7) is 4.15. The van der Waals surface area contributed by atoms with Crippen molar-refractivity contribution < 1.29 is 9.84 Å². The molecule has 19 heavy (non-hydrogen) atoms. The first-order valence-electron chi connectivity index (χ1n) is 6.48. The van der Waals surface area contributed by atoms with E-state index in [1.54, 1.807) is 18.4 Å². The van der Waals surface area contributed by atoms with Crippen LogP contribution in [0, 0.1) is 13.8 Å². The van der Waals surface area contributed by atoms with Gasteiger partial charge in [0.15, 0.2) is 0 Å². The predicted octanol–water partition coefficient (Wildman–Crippen LogP) is 4.04. The molecule has 0 bridgehead atoms. The van der Waals surface area contributed by atoms with Gasteiger partial charge < -0.3 is 9.84 Å². The molecule has 1 aromatic heterocycles. The van der Waals surface area contributed by atoms with Crippen molar-refractivity contribution in [3.8, 4) is 5.75 Å². The molecule has 1 atom stereocenters. The minimum absolute atomic E-state index is 0.360. The van der Waals surface area contributed by atoms with E-state index in [9.17, 15) is 5.11 Å². The van der Waals surface area contributed by atoms with Crippen LogP contribution in [0.2, 0.25) is 0 Å². The maximum atomic E-state index is 10.3. The van der Waals surface area contributed by atoms with Crippen molar-refractivity contribution in [3.63, 3.8) is 0 Å². The molecule has 0 spiro atoms. The highest BCUT2D eigenvalue weighted by Crippen LogP contribution is 2.30. The summed E-state index contributed by atoms with van der Waals surface area (Å²) >= 11 is 1.69. The summed E-state index contributed by atoms with van der Waals surface area (Å²) in [4.78, 5) is 2.36. The van der Waals surface area contributed by atoms with Gasteiger partial charge in [0.25, 0.3) is 0 Å². The van der Waals surface area contributed by atoms with Crippen molar-refractivity contribution in [3.05, 3.63) is 51.2 Å². The van der Waals surface area contributed by atoms with E-state index in [1.165, 1.54) is 16.0 Å². The minimum atomic E-state index is -0.360. The molecule has 0 aliphatic heterocycles. The standard InChI is InChI=1S/C16H20O2S/c1-11-10-12(2)19-16(11)15(17)9-6-13-4-7-14(18-3)8-5-13/h4-5,7-8,10,15,17H,6,9H2,1-3H3. The van der Waals surface area contributed by atoms with Crippen LogP contribution in [0.25, 0.3) is 0 Å². The van der Waals surface area contributed by atoms with Gasteiger partial charge in [-0.2, -0.15) is 0 Å². The van der Waals surface area contributed by atoms with Crippen molar-refractivity contribution in [2.75, 3.05) is 7.11 Å². The third kappa shape index (κ3) is 3.58. The predicted molar refractivity (Wildman–Crippen MR) is 80.1 cm³/mol. The van der Waals surface area contributed by atoms with Crippen LogP contribution in [0.15, 0.2) is 30.3 Å². The molecule has 0 radical (unpaired) electrons. The lowest BCUT2D eigenvalue weighted by Gasteiger charge is -2.10. The van der Waals surface area contributed by atoms with Gasteiger partial charge in [-0.25, -0.2) is 0 Å². The zero-order valence-electron chi connectivity index (χ0n) is 11.6. The van der Waals surface area contributed by atoms with E-state index in [-0.39, 0.29) is 6.10 Å². The van der Waals surface area contributed by atoms with Crippen LogP contribution in [0.1, 0.15) is 33.4 Å². The first-order valence-corrected chi connectivity index (χ1v) is 7.29. The molecule has 0 aliphatic carbocycles. The lowest BCUT2D eigenvalue weighted by Crippen LogP contribution is -1.99. The Labute approximate surface area is 118 Å². The third-order valence-corrected chi connectivity index (χ3v) is 4.50. The van der Waals surface area contributed by atoms with Gasteiger partial charge in [-0.3, -0.25) is 0 Å². The Morgan fingerprint density at radius 1 is 1.21 bits per heavy atom. The van der Waals surface area contributed by atoms with E-state index in [0.29, 0.717) is 0 Å². The molecule has 0 saturated carbocycles. The summed E-state index contributed by atoms with van der Waals surface area (Å²) in [5.74, 6) is 0.869. The average molecular weight is 276 g/mol. The third-order valence-electron chi connectivity index (χ3n) is 3.25.